The molecule has 26 heavy (non-hydrogen) atoms. The fourth-order valence-electron chi connectivity index (χ4n) is 2.32. The number of carbonyl (C=O) groups is 1. The summed E-state index contributed by atoms with van der Waals surface area (Å²) >= 11 is 5.84. The van der Waals surface area contributed by atoms with Crippen LogP contribution >= 0.6 is 11.6 Å². The summed E-state index contributed by atoms with van der Waals surface area (Å²) in [7, 11) is 0. The van der Waals surface area contributed by atoms with Gasteiger partial charge in [-0.1, -0.05) is 35.9 Å². The number of hydrogen-bond acceptors (Lipinski definition) is 4. The van der Waals surface area contributed by atoms with E-state index < -0.39 is 5.97 Å². The van der Waals surface area contributed by atoms with Gasteiger partial charge >= 0.3 is 5.97 Å². The number of esters is 1. The molecule has 3 aromatic rings. The van der Waals surface area contributed by atoms with E-state index in [1.807, 2.05) is 43.3 Å². The molecule has 0 heterocycles. The van der Waals surface area contributed by atoms with Gasteiger partial charge in [0.1, 0.15) is 5.75 Å². The second-order valence-corrected chi connectivity index (χ2v) is 6.11. The van der Waals surface area contributed by atoms with Crippen LogP contribution in [0.3, 0.4) is 0 Å². The van der Waals surface area contributed by atoms with Crippen molar-refractivity contribution in [2.75, 3.05) is 5.43 Å². The minimum absolute atomic E-state index is 0.430. The SMILES string of the molecule is Cc1cccc(NN=Cc2ccccc2OC(=O)c2ccc(Cl)cc2)c1. The van der Waals surface area contributed by atoms with Crippen molar-refractivity contribution in [1.29, 1.82) is 0 Å². The number of nitrogens with one attached hydrogen (secondary N) is 1. The summed E-state index contributed by atoms with van der Waals surface area (Å²) in [5.41, 5.74) is 6.11. The monoisotopic (exact) mass is 364 g/mol. The van der Waals surface area contributed by atoms with Crippen LogP contribution < -0.4 is 10.2 Å². The number of hydrazone groups is 1. The second kappa shape index (κ2) is 8.32. The van der Waals surface area contributed by atoms with Gasteiger partial charge in [0.2, 0.25) is 0 Å². The third kappa shape index (κ3) is 4.71. The molecule has 130 valence electrons. The van der Waals surface area contributed by atoms with Crippen LogP contribution in [0.4, 0.5) is 5.69 Å². The molecule has 0 unspecified atom stereocenters. The van der Waals surface area contributed by atoms with Crippen molar-refractivity contribution in [2.45, 2.75) is 6.92 Å². The highest BCUT2D eigenvalue weighted by atomic mass is 35.5. The van der Waals surface area contributed by atoms with E-state index in [1.165, 1.54) is 0 Å². The number of para-hydroxylation sites is 1. The molecule has 0 aromatic heterocycles. The van der Waals surface area contributed by atoms with E-state index in [0.29, 0.717) is 21.9 Å². The van der Waals surface area contributed by atoms with E-state index in [2.05, 4.69) is 10.5 Å². The molecule has 1 N–H and O–H groups in total. The second-order valence-electron chi connectivity index (χ2n) is 5.67. The van der Waals surface area contributed by atoms with Crippen LogP contribution in [0.5, 0.6) is 5.75 Å². The highest BCUT2D eigenvalue weighted by Gasteiger charge is 2.10. The fraction of sp³-hybridized carbons (Fsp3) is 0.0476. The van der Waals surface area contributed by atoms with Crippen LogP contribution in [-0.2, 0) is 0 Å². The van der Waals surface area contributed by atoms with Crippen LogP contribution in [-0.4, -0.2) is 12.2 Å². The van der Waals surface area contributed by atoms with Crippen LogP contribution in [0.2, 0.25) is 5.02 Å². The minimum atomic E-state index is -0.450. The number of nitrogens with zero attached hydrogens (tertiary/aromatic N) is 1. The molecule has 0 atom stereocenters. The molecule has 0 aliphatic rings. The Morgan fingerprint density at radius 3 is 2.58 bits per heavy atom. The van der Waals surface area contributed by atoms with Gasteiger partial charge in [-0.25, -0.2) is 4.79 Å². The zero-order chi connectivity index (χ0) is 18.4. The van der Waals surface area contributed by atoms with Gasteiger partial charge in [-0.2, -0.15) is 5.10 Å². The molecular weight excluding hydrogens is 348 g/mol. The summed E-state index contributed by atoms with van der Waals surface area (Å²) < 4.78 is 5.49. The van der Waals surface area contributed by atoms with Crippen molar-refractivity contribution in [1.82, 2.24) is 0 Å². The average Bonchev–Trinajstić information content (AvgIpc) is 2.64. The van der Waals surface area contributed by atoms with Gasteiger partial charge in [0.15, 0.2) is 0 Å². The maximum Gasteiger partial charge on any atom is 0.343 e. The van der Waals surface area contributed by atoms with Gasteiger partial charge in [-0.15, -0.1) is 0 Å². The number of carbonyl (C=O) groups excluding carboxylic acids is 1. The lowest BCUT2D eigenvalue weighted by Gasteiger charge is -2.07. The van der Waals surface area contributed by atoms with Gasteiger partial charge in [0, 0.05) is 10.6 Å². The molecule has 4 nitrogen and oxygen atoms in total. The lowest BCUT2D eigenvalue weighted by Crippen LogP contribution is -2.09. The van der Waals surface area contributed by atoms with E-state index in [9.17, 15) is 4.79 Å². The summed E-state index contributed by atoms with van der Waals surface area (Å²) in [5, 5.41) is 4.79. The van der Waals surface area contributed by atoms with Gasteiger partial charge in [-0.05, 0) is 61.0 Å². The summed E-state index contributed by atoms with van der Waals surface area (Å²) in [4.78, 5) is 12.3. The molecule has 0 radical (unpaired) electrons. The molecule has 3 aromatic carbocycles. The molecule has 3 rings (SSSR count). The number of aryl methyl sites for hydroxylation is 1. The number of hydrogen-bond donors (Lipinski definition) is 1. The molecule has 0 fully saturated rings. The summed E-state index contributed by atoms with van der Waals surface area (Å²) in [6.45, 7) is 2.01. The molecule has 0 saturated heterocycles. The topological polar surface area (TPSA) is 50.7 Å². The Morgan fingerprint density at radius 2 is 1.81 bits per heavy atom. The Hall–Kier alpha value is -3.11. The summed E-state index contributed by atoms with van der Waals surface area (Å²) in [6.07, 6.45) is 1.62. The summed E-state index contributed by atoms with van der Waals surface area (Å²) in [5.74, 6) is -0.0172. The molecule has 0 spiro atoms. The van der Waals surface area contributed by atoms with Crippen LogP contribution in [0.15, 0.2) is 77.9 Å². The number of ether oxygens (including phenoxy) is 1. The molecular formula is C21H17ClN2O2. The minimum Gasteiger partial charge on any atom is -0.422 e. The Kier molecular flexibility index (Phi) is 5.66. The number of anilines is 1. The Morgan fingerprint density at radius 1 is 1.04 bits per heavy atom. The van der Waals surface area contributed by atoms with E-state index >= 15 is 0 Å². The average molecular weight is 365 g/mol. The molecule has 0 aliphatic heterocycles. The number of halogens is 1. The van der Waals surface area contributed by atoms with Crippen molar-refractivity contribution in [3.8, 4) is 5.75 Å². The standard InChI is InChI=1S/C21H17ClN2O2/c1-15-5-4-7-19(13-15)24-23-14-17-6-2-3-8-20(17)26-21(25)16-9-11-18(22)12-10-16/h2-14,24H,1H3. The van der Waals surface area contributed by atoms with Gasteiger partial charge in [0.05, 0.1) is 17.5 Å². The highest BCUT2D eigenvalue weighted by molar-refractivity contribution is 6.30. The van der Waals surface area contributed by atoms with Crippen molar-refractivity contribution >= 4 is 29.5 Å². The van der Waals surface area contributed by atoms with Crippen LogP contribution in [0.1, 0.15) is 21.5 Å². The predicted molar refractivity (Wildman–Crippen MR) is 105 cm³/mol. The maximum absolute atomic E-state index is 12.3. The van der Waals surface area contributed by atoms with E-state index in [1.54, 1.807) is 42.6 Å². The zero-order valence-corrected chi connectivity index (χ0v) is 14.9. The lowest BCUT2D eigenvalue weighted by atomic mass is 10.2. The first kappa shape index (κ1) is 17.7. The molecule has 0 bridgehead atoms. The normalized spacial score (nSPS) is 10.7. The van der Waals surface area contributed by atoms with E-state index in [0.717, 1.165) is 11.3 Å². The first-order valence-corrected chi connectivity index (χ1v) is 8.42. The number of rotatable bonds is 5. The molecule has 5 heteroatoms. The quantitative estimate of drug-likeness (QED) is 0.289. The van der Waals surface area contributed by atoms with Crippen LogP contribution in [0.25, 0.3) is 0 Å². The van der Waals surface area contributed by atoms with Gasteiger partial charge < -0.3 is 4.74 Å². The number of benzene rings is 3. The Balaban J connectivity index is 1.72. The lowest BCUT2D eigenvalue weighted by molar-refractivity contribution is 0.0734. The predicted octanol–water partition coefficient (Wildman–Crippen LogP) is 5.31. The van der Waals surface area contributed by atoms with Crippen molar-refractivity contribution in [3.05, 3.63) is 94.5 Å². The molecule has 0 amide bonds. The maximum atomic E-state index is 12.3. The first-order valence-electron chi connectivity index (χ1n) is 8.04. The third-order valence-corrected chi connectivity index (χ3v) is 3.87. The molecule has 0 saturated carbocycles. The third-order valence-electron chi connectivity index (χ3n) is 3.62. The largest absolute Gasteiger partial charge is 0.422 e. The van der Waals surface area contributed by atoms with Crippen molar-refractivity contribution < 1.29 is 9.53 Å². The van der Waals surface area contributed by atoms with E-state index in [4.69, 9.17) is 16.3 Å². The first-order chi connectivity index (χ1) is 12.6. The van der Waals surface area contributed by atoms with Gasteiger partial charge in [-0.3, -0.25) is 5.43 Å². The smallest absolute Gasteiger partial charge is 0.343 e. The van der Waals surface area contributed by atoms with Crippen molar-refractivity contribution in [3.63, 3.8) is 0 Å². The van der Waals surface area contributed by atoms with E-state index in [-0.39, 0.29) is 0 Å². The summed E-state index contributed by atoms with van der Waals surface area (Å²) in [6, 6.07) is 21.6. The van der Waals surface area contributed by atoms with Crippen LogP contribution in [0, 0.1) is 6.92 Å². The Labute approximate surface area is 157 Å². The highest BCUT2D eigenvalue weighted by Crippen LogP contribution is 2.19. The Bertz CT molecular complexity index is 937. The van der Waals surface area contributed by atoms with Crippen molar-refractivity contribution in [2.24, 2.45) is 5.10 Å². The van der Waals surface area contributed by atoms with Gasteiger partial charge in [0.25, 0.3) is 0 Å². The molecule has 0 aliphatic carbocycles. The fourth-order valence-corrected chi connectivity index (χ4v) is 2.44. The zero-order valence-electron chi connectivity index (χ0n) is 14.1.